The maximum absolute atomic E-state index is 6.40. The van der Waals surface area contributed by atoms with E-state index in [1.165, 1.54) is 36.3 Å². The van der Waals surface area contributed by atoms with Crippen LogP contribution in [0.1, 0.15) is 0 Å². The van der Waals surface area contributed by atoms with Crippen LogP contribution in [0.25, 0.3) is 63.7 Å². The zero-order chi connectivity index (χ0) is 35.6. The van der Waals surface area contributed by atoms with Gasteiger partial charge in [-0.3, -0.25) is 0 Å². The smallest absolute Gasteiger partial charge is 0.137 e. The fourth-order valence-corrected chi connectivity index (χ4v) is 9.27. The summed E-state index contributed by atoms with van der Waals surface area (Å²) in [6.07, 6.45) is 0. The third-order valence-corrected chi connectivity index (χ3v) is 11.7. The molecule has 0 N–H and O–H groups in total. The highest BCUT2D eigenvalue weighted by Crippen LogP contribution is 2.47. The van der Waals surface area contributed by atoms with E-state index in [4.69, 9.17) is 4.42 Å². The van der Waals surface area contributed by atoms with E-state index < -0.39 is 0 Å². The first-order valence-corrected chi connectivity index (χ1v) is 19.1. The van der Waals surface area contributed by atoms with Crippen molar-refractivity contribution in [1.82, 2.24) is 0 Å². The third-order valence-electron chi connectivity index (χ3n) is 10.6. The fourth-order valence-electron chi connectivity index (χ4n) is 8.13. The number of hydrogen-bond acceptors (Lipinski definition) is 4. The molecule has 2 heterocycles. The number of benzene rings is 9. The third kappa shape index (κ3) is 4.96. The van der Waals surface area contributed by atoms with Crippen molar-refractivity contribution in [2.75, 3.05) is 9.80 Å². The lowest BCUT2D eigenvalue weighted by atomic mass is 9.97. The lowest BCUT2D eigenvalue weighted by Crippen LogP contribution is -2.12. The van der Waals surface area contributed by atoms with Crippen LogP contribution in [0.2, 0.25) is 0 Å². The van der Waals surface area contributed by atoms with Gasteiger partial charge in [-0.1, -0.05) is 109 Å². The van der Waals surface area contributed by atoms with E-state index in [-0.39, 0.29) is 0 Å². The number of para-hydroxylation sites is 3. The van der Waals surface area contributed by atoms with Gasteiger partial charge in [0.2, 0.25) is 0 Å². The monoisotopic (exact) mass is 708 g/mol. The predicted octanol–water partition coefficient (Wildman–Crippen LogP) is 15.2. The van der Waals surface area contributed by atoms with Crippen molar-refractivity contribution in [3.63, 3.8) is 0 Å². The number of nitrogens with zero attached hydrogens (tertiary/aromatic N) is 2. The van der Waals surface area contributed by atoms with Crippen molar-refractivity contribution < 1.29 is 4.42 Å². The standard InChI is InChI=1S/C50H32N2OS/c1-3-14-34(15-4-1)51(37-24-27-42-41-19-9-11-21-47(41)53-48(42)31-37)36-23-26-40-39-18-8-7-13-33(39)29-46(45(40)30-36)52(35-16-5-2-6-17-35)38-25-28-44-43-20-10-12-22-49(43)54-50(44)32-38/h1-32H. The summed E-state index contributed by atoms with van der Waals surface area (Å²) >= 11 is 1.85. The van der Waals surface area contributed by atoms with Crippen molar-refractivity contribution in [3.8, 4) is 0 Å². The number of furan rings is 1. The summed E-state index contributed by atoms with van der Waals surface area (Å²) in [7, 11) is 0. The van der Waals surface area contributed by atoms with Crippen LogP contribution in [0.3, 0.4) is 0 Å². The zero-order valence-electron chi connectivity index (χ0n) is 29.2. The molecule has 0 bridgehead atoms. The number of thiophene rings is 1. The Morgan fingerprint density at radius 2 is 0.870 bits per heavy atom. The molecule has 0 saturated carbocycles. The Balaban J connectivity index is 1.16. The summed E-state index contributed by atoms with van der Waals surface area (Å²) in [5.41, 5.74) is 8.29. The minimum absolute atomic E-state index is 0.869. The van der Waals surface area contributed by atoms with E-state index in [2.05, 4.69) is 192 Å². The normalized spacial score (nSPS) is 11.7. The van der Waals surface area contributed by atoms with E-state index in [9.17, 15) is 0 Å². The second kappa shape index (κ2) is 12.4. The Morgan fingerprint density at radius 3 is 1.67 bits per heavy atom. The topological polar surface area (TPSA) is 19.6 Å². The van der Waals surface area contributed by atoms with Crippen molar-refractivity contribution in [3.05, 3.63) is 194 Å². The first-order valence-electron chi connectivity index (χ1n) is 18.3. The van der Waals surface area contributed by atoms with E-state index in [1.54, 1.807) is 0 Å². The van der Waals surface area contributed by atoms with Gasteiger partial charge >= 0.3 is 0 Å². The van der Waals surface area contributed by atoms with Gasteiger partial charge in [-0.2, -0.15) is 0 Å². The molecule has 254 valence electrons. The van der Waals surface area contributed by atoms with E-state index in [0.717, 1.165) is 61.4 Å². The number of anilines is 6. The fraction of sp³-hybridized carbons (Fsp3) is 0. The highest BCUT2D eigenvalue weighted by molar-refractivity contribution is 7.25. The van der Waals surface area contributed by atoms with Gasteiger partial charge in [0.25, 0.3) is 0 Å². The Labute approximate surface area is 316 Å². The minimum Gasteiger partial charge on any atom is -0.456 e. The van der Waals surface area contributed by atoms with Gasteiger partial charge in [0.05, 0.1) is 5.69 Å². The molecule has 0 unspecified atom stereocenters. The van der Waals surface area contributed by atoms with Crippen LogP contribution in [0.4, 0.5) is 34.1 Å². The maximum Gasteiger partial charge on any atom is 0.137 e. The Morgan fingerprint density at radius 1 is 0.315 bits per heavy atom. The molecule has 0 radical (unpaired) electrons. The summed E-state index contributed by atoms with van der Waals surface area (Å²) in [5, 5.41) is 9.63. The van der Waals surface area contributed by atoms with Gasteiger partial charge < -0.3 is 14.2 Å². The van der Waals surface area contributed by atoms with Crippen LogP contribution in [-0.2, 0) is 0 Å². The van der Waals surface area contributed by atoms with E-state index >= 15 is 0 Å². The first kappa shape index (κ1) is 30.7. The summed E-state index contributed by atoms with van der Waals surface area (Å²) in [5.74, 6) is 0. The SMILES string of the molecule is c1ccc(N(c2ccc3c(c2)oc2ccccc23)c2ccc3c(c2)c(N(c2ccccc2)c2ccc4c(c2)sc2ccccc24)cc2ccccc23)cc1. The molecule has 0 saturated heterocycles. The molecule has 0 atom stereocenters. The molecule has 2 aromatic heterocycles. The van der Waals surface area contributed by atoms with Gasteiger partial charge in [0.1, 0.15) is 11.2 Å². The van der Waals surface area contributed by atoms with Crippen LogP contribution in [-0.4, -0.2) is 0 Å². The van der Waals surface area contributed by atoms with Crippen molar-refractivity contribution in [2.24, 2.45) is 0 Å². The largest absolute Gasteiger partial charge is 0.456 e. The molecule has 11 rings (SSSR count). The Bertz CT molecular complexity index is 3180. The highest BCUT2D eigenvalue weighted by Gasteiger charge is 2.21. The van der Waals surface area contributed by atoms with Crippen LogP contribution in [0.15, 0.2) is 199 Å². The molecule has 54 heavy (non-hydrogen) atoms. The van der Waals surface area contributed by atoms with Gasteiger partial charge in [-0.05, 0) is 95.0 Å². The molecule has 0 aliphatic heterocycles. The molecule has 9 aromatic carbocycles. The molecule has 0 fully saturated rings. The summed E-state index contributed by atoms with van der Waals surface area (Å²) in [6, 6.07) is 69.8. The molecule has 0 amide bonds. The van der Waals surface area contributed by atoms with E-state index in [0.29, 0.717) is 0 Å². The average Bonchev–Trinajstić information content (AvgIpc) is 3.79. The Kier molecular flexibility index (Phi) is 7.04. The number of fused-ring (bicyclic) bond motifs is 9. The van der Waals surface area contributed by atoms with Crippen molar-refractivity contribution in [1.29, 1.82) is 0 Å². The average molecular weight is 709 g/mol. The molecular formula is C50H32N2OS. The molecule has 0 aliphatic carbocycles. The first-order chi connectivity index (χ1) is 26.8. The van der Waals surface area contributed by atoms with Gasteiger partial charge in [-0.25, -0.2) is 0 Å². The van der Waals surface area contributed by atoms with Crippen molar-refractivity contribution >= 4 is 109 Å². The summed E-state index contributed by atoms with van der Waals surface area (Å²) in [6.45, 7) is 0. The van der Waals surface area contributed by atoms with Gasteiger partial charge in [-0.15, -0.1) is 11.3 Å². The molecule has 4 heteroatoms. The van der Waals surface area contributed by atoms with Crippen LogP contribution < -0.4 is 9.80 Å². The van der Waals surface area contributed by atoms with Crippen LogP contribution >= 0.6 is 11.3 Å². The molecule has 0 spiro atoms. The predicted molar refractivity (Wildman–Crippen MR) is 231 cm³/mol. The Hall–Kier alpha value is -6.88. The molecule has 11 aromatic rings. The highest BCUT2D eigenvalue weighted by atomic mass is 32.1. The van der Waals surface area contributed by atoms with Crippen LogP contribution in [0, 0.1) is 0 Å². The van der Waals surface area contributed by atoms with Crippen molar-refractivity contribution in [2.45, 2.75) is 0 Å². The maximum atomic E-state index is 6.40. The lowest BCUT2D eigenvalue weighted by molar-refractivity contribution is 0.669. The van der Waals surface area contributed by atoms with Crippen LogP contribution in [0.5, 0.6) is 0 Å². The molecule has 3 nitrogen and oxygen atoms in total. The zero-order valence-corrected chi connectivity index (χ0v) is 30.0. The lowest BCUT2D eigenvalue weighted by Gasteiger charge is -2.29. The number of rotatable bonds is 6. The minimum atomic E-state index is 0.869. The summed E-state index contributed by atoms with van der Waals surface area (Å²) < 4.78 is 8.98. The second-order valence-corrected chi connectivity index (χ2v) is 14.8. The summed E-state index contributed by atoms with van der Waals surface area (Å²) in [4.78, 5) is 4.76. The number of hydrogen-bond donors (Lipinski definition) is 0. The second-order valence-electron chi connectivity index (χ2n) is 13.7. The molecule has 0 aliphatic rings. The van der Waals surface area contributed by atoms with E-state index in [1.807, 2.05) is 23.5 Å². The quantitative estimate of drug-likeness (QED) is 0.160. The van der Waals surface area contributed by atoms with Gasteiger partial charge in [0, 0.05) is 70.8 Å². The molecular weight excluding hydrogens is 677 g/mol. The van der Waals surface area contributed by atoms with Gasteiger partial charge in [0.15, 0.2) is 0 Å².